The lowest BCUT2D eigenvalue weighted by Gasteiger charge is -2.27. The molecule has 0 aromatic heterocycles. The van der Waals surface area contributed by atoms with Gasteiger partial charge in [0.2, 0.25) is 5.91 Å². The molecule has 0 bridgehead atoms. The van der Waals surface area contributed by atoms with Gasteiger partial charge in [0, 0.05) is 18.3 Å². The molecule has 22 heavy (non-hydrogen) atoms. The predicted molar refractivity (Wildman–Crippen MR) is 81.6 cm³/mol. The second-order valence-electron chi connectivity index (χ2n) is 5.66. The van der Waals surface area contributed by atoms with Crippen LogP contribution in [-0.4, -0.2) is 24.0 Å². The van der Waals surface area contributed by atoms with Gasteiger partial charge >= 0.3 is 0 Å². The van der Waals surface area contributed by atoms with Crippen LogP contribution in [-0.2, 0) is 15.2 Å². The van der Waals surface area contributed by atoms with E-state index in [-0.39, 0.29) is 5.91 Å². The number of carbonyl (C=O) groups excluding carboxylic acids is 2. The molecule has 0 spiro atoms. The van der Waals surface area contributed by atoms with Crippen molar-refractivity contribution in [3.63, 3.8) is 0 Å². The normalized spacial score (nSPS) is 25.9. The maximum Gasteiger partial charge on any atom is 0.264 e. The van der Waals surface area contributed by atoms with E-state index in [2.05, 4.69) is 5.32 Å². The summed E-state index contributed by atoms with van der Waals surface area (Å²) < 4.78 is 0. The molecule has 5 heteroatoms. The summed E-state index contributed by atoms with van der Waals surface area (Å²) >= 11 is 0. The summed E-state index contributed by atoms with van der Waals surface area (Å²) in [6.45, 7) is 0. The van der Waals surface area contributed by atoms with Crippen LogP contribution in [0.25, 0.3) is 0 Å². The van der Waals surface area contributed by atoms with E-state index in [0.29, 0.717) is 22.5 Å². The van der Waals surface area contributed by atoms with Crippen LogP contribution in [0.1, 0.15) is 17.0 Å². The minimum Gasteiger partial charge on any atom is -0.374 e. The number of rotatable bonds is 1. The van der Waals surface area contributed by atoms with E-state index in [1.807, 2.05) is 6.07 Å². The number of carbonyl (C=O) groups is 2. The number of amides is 2. The number of nitrogens with zero attached hydrogens (tertiary/aromatic N) is 1. The van der Waals surface area contributed by atoms with Crippen LogP contribution in [0.3, 0.4) is 0 Å². The lowest BCUT2D eigenvalue weighted by molar-refractivity contribution is -0.143. The smallest absolute Gasteiger partial charge is 0.264 e. The molecule has 0 unspecified atom stereocenters. The molecule has 0 fully saturated rings. The number of hydrogen-bond donors (Lipinski definition) is 2. The zero-order chi connectivity index (χ0) is 15.5. The first-order valence-corrected chi connectivity index (χ1v) is 7.05. The van der Waals surface area contributed by atoms with E-state index in [1.54, 1.807) is 49.5 Å². The van der Waals surface area contributed by atoms with Crippen molar-refractivity contribution in [2.75, 3.05) is 17.3 Å². The van der Waals surface area contributed by atoms with Crippen LogP contribution in [0.15, 0.2) is 48.5 Å². The molecule has 4 rings (SSSR count). The lowest BCUT2D eigenvalue weighted by atomic mass is 9.78. The summed E-state index contributed by atoms with van der Waals surface area (Å²) in [5.74, 6) is -1.78. The van der Waals surface area contributed by atoms with E-state index in [4.69, 9.17) is 0 Å². The number of anilines is 2. The quantitative estimate of drug-likeness (QED) is 0.839. The lowest BCUT2D eigenvalue weighted by Crippen LogP contribution is -2.45. The maximum atomic E-state index is 12.7. The van der Waals surface area contributed by atoms with Gasteiger partial charge in [0.1, 0.15) is 5.92 Å². The molecular formula is C17H14N2O3. The topological polar surface area (TPSA) is 69.6 Å². The number of aliphatic hydroxyl groups is 1. The van der Waals surface area contributed by atoms with E-state index < -0.39 is 17.4 Å². The van der Waals surface area contributed by atoms with Gasteiger partial charge in [-0.25, -0.2) is 0 Å². The number of nitrogens with one attached hydrogen (secondary N) is 1. The molecule has 2 amide bonds. The first kappa shape index (κ1) is 13.0. The minimum absolute atomic E-state index is 0.359. The van der Waals surface area contributed by atoms with Gasteiger partial charge in [0.05, 0.1) is 5.69 Å². The van der Waals surface area contributed by atoms with Crippen molar-refractivity contribution < 1.29 is 14.7 Å². The number of para-hydroxylation sites is 2. The number of likely N-dealkylation sites (N-methyl/N-ethyl adjacent to an activating group) is 1. The molecule has 2 aromatic rings. The third-order valence-corrected chi connectivity index (χ3v) is 4.52. The fourth-order valence-corrected chi connectivity index (χ4v) is 3.47. The van der Waals surface area contributed by atoms with Crippen LogP contribution in [0.4, 0.5) is 11.4 Å². The first-order valence-electron chi connectivity index (χ1n) is 7.05. The third-order valence-electron chi connectivity index (χ3n) is 4.52. The Morgan fingerprint density at radius 1 is 1.09 bits per heavy atom. The average Bonchev–Trinajstić information content (AvgIpc) is 2.97. The van der Waals surface area contributed by atoms with Crippen molar-refractivity contribution in [3.05, 3.63) is 59.7 Å². The second-order valence-corrected chi connectivity index (χ2v) is 5.66. The van der Waals surface area contributed by atoms with E-state index >= 15 is 0 Å². The molecule has 2 aliphatic heterocycles. The fraction of sp³-hybridized carbons (Fsp3) is 0.176. The SMILES string of the molecule is CN1C(=O)[C@@](O)([C@@H]2C(=O)Nc3ccccc32)c2ccccc21. The highest BCUT2D eigenvalue weighted by Crippen LogP contribution is 2.51. The van der Waals surface area contributed by atoms with Crippen molar-refractivity contribution in [1.82, 2.24) is 0 Å². The Morgan fingerprint density at radius 3 is 2.59 bits per heavy atom. The van der Waals surface area contributed by atoms with Crippen LogP contribution >= 0.6 is 0 Å². The number of benzene rings is 2. The molecule has 0 saturated carbocycles. The zero-order valence-electron chi connectivity index (χ0n) is 11.9. The Balaban J connectivity index is 1.96. The van der Waals surface area contributed by atoms with Crippen molar-refractivity contribution in [2.24, 2.45) is 0 Å². The Hall–Kier alpha value is -2.66. The summed E-state index contributed by atoms with van der Waals surface area (Å²) in [5.41, 5.74) is 0.521. The molecule has 0 aliphatic carbocycles. The summed E-state index contributed by atoms with van der Waals surface area (Å²) in [5, 5.41) is 14.0. The van der Waals surface area contributed by atoms with Gasteiger partial charge in [-0.2, -0.15) is 0 Å². The maximum absolute atomic E-state index is 12.7. The summed E-state index contributed by atoms with van der Waals surface area (Å²) in [6.07, 6.45) is 0. The monoisotopic (exact) mass is 294 g/mol. The summed E-state index contributed by atoms with van der Waals surface area (Å²) in [6, 6.07) is 14.2. The Kier molecular flexibility index (Phi) is 2.47. The number of fused-ring (bicyclic) bond motifs is 2. The van der Waals surface area contributed by atoms with Gasteiger partial charge < -0.3 is 15.3 Å². The molecule has 2 atom stereocenters. The molecule has 2 heterocycles. The van der Waals surface area contributed by atoms with Gasteiger partial charge in [0.25, 0.3) is 5.91 Å². The Bertz CT molecular complexity index is 817. The molecule has 5 nitrogen and oxygen atoms in total. The third kappa shape index (κ3) is 1.41. The van der Waals surface area contributed by atoms with Crippen LogP contribution in [0, 0.1) is 0 Å². The summed E-state index contributed by atoms with van der Waals surface area (Å²) in [7, 11) is 1.61. The standard InChI is InChI=1S/C17H14N2O3/c1-19-13-9-5-3-7-11(13)17(22,16(19)21)14-10-6-2-4-8-12(10)18-15(14)20/h2-9,14,22H,1H3,(H,18,20)/t14-,17-/m0/s1. The van der Waals surface area contributed by atoms with E-state index in [0.717, 1.165) is 0 Å². The number of hydrogen-bond acceptors (Lipinski definition) is 3. The van der Waals surface area contributed by atoms with Gasteiger partial charge in [-0.15, -0.1) is 0 Å². The largest absolute Gasteiger partial charge is 0.374 e. The molecule has 0 saturated heterocycles. The second kappa shape index (κ2) is 4.18. The average molecular weight is 294 g/mol. The van der Waals surface area contributed by atoms with Crippen molar-refractivity contribution in [2.45, 2.75) is 11.5 Å². The van der Waals surface area contributed by atoms with Gasteiger partial charge in [-0.3, -0.25) is 9.59 Å². The highest BCUT2D eigenvalue weighted by atomic mass is 16.3. The molecule has 2 aliphatic rings. The van der Waals surface area contributed by atoms with Crippen LogP contribution in [0.2, 0.25) is 0 Å². The zero-order valence-corrected chi connectivity index (χ0v) is 11.9. The molecule has 2 N–H and O–H groups in total. The van der Waals surface area contributed by atoms with Crippen molar-refractivity contribution >= 4 is 23.2 Å². The molecule has 0 radical (unpaired) electrons. The highest BCUT2D eigenvalue weighted by molar-refractivity contribution is 6.14. The van der Waals surface area contributed by atoms with E-state index in [1.165, 1.54) is 4.90 Å². The fourth-order valence-electron chi connectivity index (χ4n) is 3.47. The van der Waals surface area contributed by atoms with Crippen molar-refractivity contribution in [3.8, 4) is 0 Å². The Morgan fingerprint density at radius 2 is 1.77 bits per heavy atom. The molecule has 110 valence electrons. The molecular weight excluding hydrogens is 280 g/mol. The predicted octanol–water partition coefficient (Wildman–Crippen LogP) is 1.59. The summed E-state index contributed by atoms with van der Waals surface area (Å²) in [4.78, 5) is 26.6. The van der Waals surface area contributed by atoms with Gasteiger partial charge in [-0.1, -0.05) is 36.4 Å². The van der Waals surface area contributed by atoms with E-state index in [9.17, 15) is 14.7 Å². The van der Waals surface area contributed by atoms with Crippen LogP contribution < -0.4 is 10.2 Å². The van der Waals surface area contributed by atoms with Gasteiger partial charge in [0.15, 0.2) is 5.60 Å². The highest BCUT2D eigenvalue weighted by Gasteiger charge is 2.58. The van der Waals surface area contributed by atoms with Gasteiger partial charge in [-0.05, 0) is 17.7 Å². The van der Waals surface area contributed by atoms with Crippen molar-refractivity contribution in [1.29, 1.82) is 0 Å². The molecule has 2 aromatic carbocycles. The minimum atomic E-state index is -1.87. The van der Waals surface area contributed by atoms with Crippen LogP contribution in [0.5, 0.6) is 0 Å². The first-order chi connectivity index (χ1) is 10.5. The Labute approximate surface area is 127 Å².